The quantitative estimate of drug-likeness (QED) is 0.533. The molecule has 1 amide bonds. The van der Waals surface area contributed by atoms with Crippen LogP contribution in [-0.4, -0.2) is 34.5 Å². The highest BCUT2D eigenvalue weighted by atomic mass is 32.2. The van der Waals surface area contributed by atoms with Gasteiger partial charge in [0.15, 0.2) is 0 Å². The van der Waals surface area contributed by atoms with Crippen molar-refractivity contribution in [3.05, 3.63) is 76.7 Å². The summed E-state index contributed by atoms with van der Waals surface area (Å²) in [5.74, 6) is 0.568. The first kappa shape index (κ1) is 21.9. The van der Waals surface area contributed by atoms with E-state index >= 15 is 0 Å². The highest BCUT2D eigenvalue weighted by Gasteiger charge is 2.22. The lowest BCUT2D eigenvalue weighted by Crippen LogP contribution is -2.28. The molecule has 30 heavy (non-hydrogen) atoms. The highest BCUT2D eigenvalue weighted by molar-refractivity contribution is 7.94. The van der Waals surface area contributed by atoms with Crippen LogP contribution in [0, 0.1) is 13.8 Å². The van der Waals surface area contributed by atoms with Crippen LogP contribution in [0.1, 0.15) is 21.5 Å². The Kier molecular flexibility index (Phi) is 6.79. The molecule has 0 radical (unpaired) electrons. The van der Waals surface area contributed by atoms with Gasteiger partial charge in [-0.25, -0.2) is 8.42 Å². The third-order valence-corrected chi connectivity index (χ3v) is 7.75. The summed E-state index contributed by atoms with van der Waals surface area (Å²) in [4.78, 5) is 12.3. The fraction of sp³-hybridized carbons (Fsp3) is 0.227. The van der Waals surface area contributed by atoms with Crippen LogP contribution in [-0.2, 0) is 10.0 Å². The third kappa shape index (κ3) is 5.01. The van der Waals surface area contributed by atoms with Crippen molar-refractivity contribution >= 4 is 33.0 Å². The molecule has 158 valence electrons. The van der Waals surface area contributed by atoms with E-state index in [4.69, 9.17) is 4.74 Å². The fourth-order valence-electron chi connectivity index (χ4n) is 2.80. The van der Waals surface area contributed by atoms with Gasteiger partial charge >= 0.3 is 0 Å². The van der Waals surface area contributed by atoms with Gasteiger partial charge in [-0.3, -0.25) is 9.10 Å². The Morgan fingerprint density at radius 2 is 1.83 bits per heavy atom. The normalized spacial score (nSPS) is 11.2. The van der Waals surface area contributed by atoms with E-state index in [-0.39, 0.29) is 10.1 Å². The molecular weight excluding hydrogens is 420 g/mol. The van der Waals surface area contributed by atoms with Crippen LogP contribution in [0.4, 0.5) is 5.69 Å². The predicted molar refractivity (Wildman–Crippen MR) is 120 cm³/mol. The number of hydrogen-bond acceptors (Lipinski definition) is 5. The van der Waals surface area contributed by atoms with Gasteiger partial charge in [-0.05, 0) is 66.8 Å². The molecule has 0 aliphatic heterocycles. The Balaban J connectivity index is 1.55. The summed E-state index contributed by atoms with van der Waals surface area (Å²) < 4.78 is 32.4. The Hall–Kier alpha value is -2.84. The number of rotatable bonds is 8. The van der Waals surface area contributed by atoms with E-state index in [0.29, 0.717) is 24.4 Å². The topological polar surface area (TPSA) is 75.7 Å². The van der Waals surface area contributed by atoms with Gasteiger partial charge in [-0.2, -0.15) is 0 Å². The molecule has 3 aromatic rings. The molecule has 0 saturated carbocycles. The van der Waals surface area contributed by atoms with E-state index in [9.17, 15) is 13.2 Å². The number of benzene rings is 2. The molecule has 0 aliphatic rings. The highest BCUT2D eigenvalue weighted by Crippen LogP contribution is 2.25. The largest absolute Gasteiger partial charge is 0.491 e. The van der Waals surface area contributed by atoms with Crippen molar-refractivity contribution in [2.45, 2.75) is 18.1 Å². The number of sulfonamides is 1. The first-order valence-corrected chi connectivity index (χ1v) is 11.7. The van der Waals surface area contributed by atoms with Crippen molar-refractivity contribution < 1.29 is 17.9 Å². The zero-order chi connectivity index (χ0) is 21.7. The number of ether oxygens (including phenoxy) is 1. The molecule has 0 saturated heterocycles. The number of nitrogens with zero attached hydrogens (tertiary/aromatic N) is 1. The van der Waals surface area contributed by atoms with Gasteiger partial charge in [0, 0.05) is 12.6 Å². The van der Waals surface area contributed by atoms with E-state index in [1.807, 2.05) is 32.0 Å². The Labute approximate surface area is 181 Å². The van der Waals surface area contributed by atoms with Gasteiger partial charge in [-0.1, -0.05) is 18.2 Å². The standard InChI is InChI=1S/C22H24N2O4S2/c1-16-6-7-17(2)20(15-16)28-13-12-23-22(25)18-8-10-19(11-9-18)24(3)30(26,27)21-5-4-14-29-21/h4-11,14-15H,12-13H2,1-3H3,(H,23,25). The van der Waals surface area contributed by atoms with Crippen LogP contribution >= 0.6 is 11.3 Å². The summed E-state index contributed by atoms with van der Waals surface area (Å²) in [7, 11) is -2.10. The summed E-state index contributed by atoms with van der Waals surface area (Å²) >= 11 is 1.17. The third-order valence-electron chi connectivity index (χ3n) is 4.59. The Bertz CT molecular complexity index is 1110. The number of carbonyl (C=O) groups excluding carboxylic acids is 1. The van der Waals surface area contributed by atoms with Gasteiger partial charge in [0.05, 0.1) is 12.2 Å². The Morgan fingerprint density at radius 3 is 2.50 bits per heavy atom. The minimum absolute atomic E-state index is 0.241. The summed E-state index contributed by atoms with van der Waals surface area (Å²) in [6.07, 6.45) is 0. The van der Waals surface area contributed by atoms with Crippen molar-refractivity contribution in [1.29, 1.82) is 0 Å². The molecule has 0 atom stereocenters. The first-order valence-electron chi connectivity index (χ1n) is 9.40. The fourth-order valence-corrected chi connectivity index (χ4v) is 5.15. The molecule has 0 bridgehead atoms. The molecule has 0 unspecified atom stereocenters. The van der Waals surface area contributed by atoms with Crippen LogP contribution in [0.5, 0.6) is 5.75 Å². The number of anilines is 1. The molecule has 6 nitrogen and oxygen atoms in total. The van der Waals surface area contributed by atoms with Crippen LogP contribution < -0.4 is 14.4 Å². The van der Waals surface area contributed by atoms with Crippen LogP contribution in [0.2, 0.25) is 0 Å². The van der Waals surface area contributed by atoms with Crippen molar-refractivity contribution in [2.75, 3.05) is 24.5 Å². The number of amides is 1. The second-order valence-corrected chi connectivity index (χ2v) is 9.97. The smallest absolute Gasteiger partial charge is 0.273 e. The van der Waals surface area contributed by atoms with Crippen molar-refractivity contribution in [2.24, 2.45) is 0 Å². The SMILES string of the molecule is Cc1ccc(C)c(OCCNC(=O)c2ccc(N(C)S(=O)(=O)c3cccs3)cc2)c1. The van der Waals surface area contributed by atoms with Gasteiger partial charge in [-0.15, -0.1) is 11.3 Å². The van der Waals surface area contributed by atoms with Gasteiger partial charge in [0.1, 0.15) is 16.6 Å². The van der Waals surface area contributed by atoms with Crippen molar-refractivity contribution in [1.82, 2.24) is 5.32 Å². The number of carbonyl (C=O) groups is 1. The van der Waals surface area contributed by atoms with Crippen LogP contribution in [0.15, 0.2) is 64.2 Å². The van der Waals surface area contributed by atoms with E-state index < -0.39 is 10.0 Å². The summed E-state index contributed by atoms with van der Waals surface area (Å²) in [5.41, 5.74) is 3.10. The number of hydrogen-bond donors (Lipinski definition) is 1. The summed E-state index contributed by atoms with van der Waals surface area (Å²) in [6.45, 7) is 4.70. The predicted octanol–water partition coefficient (Wildman–Crippen LogP) is 4.00. The van der Waals surface area contributed by atoms with E-state index in [2.05, 4.69) is 5.32 Å². The Morgan fingerprint density at radius 1 is 1.10 bits per heavy atom. The number of aryl methyl sites for hydroxylation is 2. The van der Waals surface area contributed by atoms with Crippen molar-refractivity contribution in [3.8, 4) is 5.75 Å². The molecule has 3 rings (SSSR count). The average molecular weight is 445 g/mol. The molecule has 8 heteroatoms. The lowest BCUT2D eigenvalue weighted by atomic mass is 10.1. The van der Waals surface area contributed by atoms with Gasteiger partial charge < -0.3 is 10.1 Å². The average Bonchev–Trinajstić information content (AvgIpc) is 3.29. The van der Waals surface area contributed by atoms with E-state index in [1.165, 1.54) is 22.7 Å². The van der Waals surface area contributed by atoms with Crippen molar-refractivity contribution in [3.63, 3.8) is 0 Å². The second kappa shape index (κ2) is 9.32. The minimum Gasteiger partial charge on any atom is -0.491 e. The molecule has 0 fully saturated rings. The van der Waals surface area contributed by atoms with Crippen LogP contribution in [0.25, 0.3) is 0 Å². The molecule has 0 aliphatic carbocycles. The van der Waals surface area contributed by atoms with E-state index in [0.717, 1.165) is 16.9 Å². The summed E-state index contributed by atoms with van der Waals surface area (Å²) in [6, 6.07) is 15.7. The molecule has 1 aromatic heterocycles. The minimum atomic E-state index is -3.60. The maximum absolute atomic E-state index is 12.6. The molecule has 1 heterocycles. The number of thiophene rings is 1. The molecule has 0 spiro atoms. The van der Waals surface area contributed by atoms with Crippen LogP contribution in [0.3, 0.4) is 0 Å². The first-order chi connectivity index (χ1) is 14.3. The zero-order valence-corrected chi connectivity index (χ0v) is 18.7. The lowest BCUT2D eigenvalue weighted by molar-refractivity contribution is 0.0947. The van der Waals surface area contributed by atoms with Gasteiger partial charge in [0.25, 0.3) is 15.9 Å². The van der Waals surface area contributed by atoms with E-state index in [1.54, 1.807) is 41.8 Å². The lowest BCUT2D eigenvalue weighted by Gasteiger charge is -2.18. The summed E-state index contributed by atoms with van der Waals surface area (Å²) in [5, 5.41) is 4.53. The molecule has 1 N–H and O–H groups in total. The second-order valence-electron chi connectivity index (χ2n) is 6.82. The molecular formula is C22H24N2O4S2. The maximum atomic E-state index is 12.6. The van der Waals surface area contributed by atoms with Gasteiger partial charge in [0.2, 0.25) is 0 Å². The molecule has 2 aromatic carbocycles. The zero-order valence-electron chi connectivity index (χ0n) is 17.1. The maximum Gasteiger partial charge on any atom is 0.273 e. The monoisotopic (exact) mass is 444 g/mol. The number of nitrogens with one attached hydrogen (secondary N) is 1.